The predicted molar refractivity (Wildman–Crippen MR) is 109 cm³/mol. The first-order valence-corrected chi connectivity index (χ1v) is 9.98. The average molecular weight is 368 g/mol. The molecule has 27 heavy (non-hydrogen) atoms. The molecule has 2 aliphatic heterocycles. The highest BCUT2D eigenvalue weighted by atomic mass is 15.3. The molecule has 7 nitrogen and oxygen atoms in total. The van der Waals surface area contributed by atoms with Crippen LogP contribution in [0, 0.1) is 0 Å². The minimum absolute atomic E-state index is 0.634. The van der Waals surface area contributed by atoms with Crippen LogP contribution >= 0.6 is 0 Å². The number of hydrogen-bond acceptors (Lipinski definition) is 7. The second-order valence-electron chi connectivity index (χ2n) is 7.50. The van der Waals surface area contributed by atoms with Crippen molar-refractivity contribution in [2.45, 2.75) is 25.8 Å². The largest absolute Gasteiger partial charge is 0.370 e. The van der Waals surface area contributed by atoms with Gasteiger partial charge in [-0.1, -0.05) is 0 Å². The van der Waals surface area contributed by atoms with E-state index < -0.39 is 0 Å². The van der Waals surface area contributed by atoms with Gasteiger partial charge in [-0.25, -0.2) is 4.98 Å². The Bertz CT molecular complexity index is 719. The van der Waals surface area contributed by atoms with E-state index in [0.29, 0.717) is 6.54 Å². The predicted octanol–water partition coefficient (Wildman–Crippen LogP) is 2.23. The monoisotopic (exact) mass is 367 g/mol. The lowest BCUT2D eigenvalue weighted by atomic mass is 10.1. The molecule has 144 valence electrons. The third-order valence-electron chi connectivity index (χ3n) is 5.48. The van der Waals surface area contributed by atoms with Crippen LogP contribution in [0.25, 0.3) is 0 Å². The van der Waals surface area contributed by atoms with E-state index in [1.54, 1.807) is 0 Å². The van der Waals surface area contributed by atoms with Crippen molar-refractivity contribution < 1.29 is 0 Å². The van der Waals surface area contributed by atoms with E-state index in [1.165, 1.54) is 30.6 Å². The van der Waals surface area contributed by atoms with Crippen molar-refractivity contribution in [1.29, 1.82) is 0 Å². The molecule has 0 bridgehead atoms. The number of rotatable bonds is 5. The van der Waals surface area contributed by atoms with Crippen molar-refractivity contribution in [3.8, 4) is 0 Å². The first-order chi connectivity index (χ1) is 13.3. The van der Waals surface area contributed by atoms with Crippen LogP contribution in [0.4, 0.5) is 17.2 Å². The third-order valence-corrected chi connectivity index (χ3v) is 5.48. The first kappa shape index (κ1) is 18.0. The van der Waals surface area contributed by atoms with Crippen LogP contribution < -0.4 is 15.1 Å². The fourth-order valence-electron chi connectivity index (χ4n) is 3.73. The molecule has 0 atom stereocenters. The van der Waals surface area contributed by atoms with Crippen LogP contribution in [0.2, 0.25) is 0 Å². The zero-order chi connectivity index (χ0) is 18.5. The number of nitrogens with one attached hydrogen (secondary N) is 1. The summed E-state index contributed by atoms with van der Waals surface area (Å²) in [6.45, 7) is 7.20. The minimum atomic E-state index is 0.634. The Kier molecular flexibility index (Phi) is 5.67. The molecular formula is C20H29N7. The summed E-state index contributed by atoms with van der Waals surface area (Å²) in [7, 11) is 2.17. The summed E-state index contributed by atoms with van der Waals surface area (Å²) in [4.78, 5) is 11.7. The number of nitrogens with zero attached hydrogens (tertiary/aromatic N) is 6. The van der Waals surface area contributed by atoms with E-state index in [-0.39, 0.29) is 0 Å². The van der Waals surface area contributed by atoms with Crippen molar-refractivity contribution in [2.24, 2.45) is 0 Å². The normalized spacial score (nSPS) is 18.6. The lowest BCUT2D eigenvalue weighted by molar-refractivity contribution is 0.313. The van der Waals surface area contributed by atoms with Crippen molar-refractivity contribution in [3.05, 3.63) is 36.3 Å². The molecular weight excluding hydrogens is 338 g/mol. The van der Waals surface area contributed by atoms with Gasteiger partial charge >= 0.3 is 0 Å². The van der Waals surface area contributed by atoms with E-state index in [9.17, 15) is 0 Å². The molecule has 0 radical (unpaired) electrons. The molecule has 2 aromatic heterocycles. The Balaban J connectivity index is 1.33. The van der Waals surface area contributed by atoms with Crippen LogP contribution in [0.15, 0.2) is 30.6 Å². The Hall–Kier alpha value is -2.41. The van der Waals surface area contributed by atoms with Gasteiger partial charge in [-0.15, -0.1) is 0 Å². The molecule has 0 amide bonds. The van der Waals surface area contributed by atoms with E-state index in [0.717, 1.165) is 50.8 Å². The number of piperazine rings is 1. The van der Waals surface area contributed by atoms with Gasteiger partial charge in [-0.05, 0) is 44.5 Å². The van der Waals surface area contributed by atoms with Crippen LogP contribution in [0.1, 0.15) is 25.0 Å². The molecule has 4 rings (SSSR count). The summed E-state index contributed by atoms with van der Waals surface area (Å²) in [6.07, 6.45) is 7.69. The molecule has 2 aliphatic rings. The topological polar surface area (TPSA) is 60.4 Å². The molecule has 0 unspecified atom stereocenters. The highest BCUT2D eigenvalue weighted by Gasteiger charge is 2.15. The van der Waals surface area contributed by atoms with E-state index in [1.807, 2.05) is 12.4 Å². The zero-order valence-corrected chi connectivity index (χ0v) is 16.1. The number of piperidine rings is 1. The van der Waals surface area contributed by atoms with Gasteiger partial charge < -0.3 is 20.0 Å². The van der Waals surface area contributed by atoms with Gasteiger partial charge in [0.15, 0.2) is 0 Å². The maximum absolute atomic E-state index is 4.58. The van der Waals surface area contributed by atoms with Gasteiger partial charge in [-0.3, -0.25) is 0 Å². The average Bonchev–Trinajstić information content (AvgIpc) is 2.74. The lowest BCUT2D eigenvalue weighted by Gasteiger charge is -2.33. The Labute approximate surface area is 161 Å². The van der Waals surface area contributed by atoms with Crippen molar-refractivity contribution in [1.82, 2.24) is 20.1 Å². The summed E-state index contributed by atoms with van der Waals surface area (Å²) in [5.41, 5.74) is 3.32. The Morgan fingerprint density at radius 2 is 1.67 bits per heavy atom. The van der Waals surface area contributed by atoms with Gasteiger partial charge in [-0.2, -0.15) is 10.2 Å². The Morgan fingerprint density at radius 1 is 0.889 bits per heavy atom. The standard InChI is InChI=1S/C20H29N7/c1-25-9-11-27(12-10-25)18-5-6-20(22-15-18)21-14-17-13-19(16-23-24-17)26-7-3-2-4-8-26/h5-6,13,15-16H,2-4,7-12,14H2,1H3,(H,21,22). The third kappa shape index (κ3) is 4.66. The van der Waals surface area contributed by atoms with Crippen molar-refractivity contribution in [3.63, 3.8) is 0 Å². The fraction of sp³-hybridized carbons (Fsp3) is 0.550. The maximum atomic E-state index is 4.58. The van der Waals surface area contributed by atoms with Crippen LogP contribution in [0.5, 0.6) is 0 Å². The van der Waals surface area contributed by atoms with Gasteiger partial charge in [0.2, 0.25) is 0 Å². The van der Waals surface area contributed by atoms with Gasteiger partial charge in [0.05, 0.1) is 36.0 Å². The number of aromatic nitrogens is 3. The van der Waals surface area contributed by atoms with Gasteiger partial charge in [0.1, 0.15) is 5.82 Å². The van der Waals surface area contributed by atoms with Gasteiger partial charge in [0, 0.05) is 39.3 Å². The second-order valence-corrected chi connectivity index (χ2v) is 7.50. The van der Waals surface area contributed by atoms with Crippen molar-refractivity contribution in [2.75, 3.05) is 61.4 Å². The molecule has 0 aliphatic carbocycles. The highest BCUT2D eigenvalue weighted by Crippen LogP contribution is 2.20. The molecule has 4 heterocycles. The van der Waals surface area contributed by atoms with Gasteiger partial charge in [0.25, 0.3) is 0 Å². The SMILES string of the molecule is CN1CCN(c2ccc(NCc3cc(N4CCCCC4)cnn3)nc2)CC1. The van der Waals surface area contributed by atoms with E-state index in [4.69, 9.17) is 0 Å². The summed E-state index contributed by atoms with van der Waals surface area (Å²) in [5, 5.41) is 11.8. The maximum Gasteiger partial charge on any atom is 0.126 e. The molecule has 0 spiro atoms. The molecule has 2 saturated heterocycles. The molecule has 0 aromatic carbocycles. The van der Waals surface area contributed by atoms with Crippen molar-refractivity contribution >= 4 is 17.2 Å². The molecule has 1 N–H and O–H groups in total. The molecule has 7 heteroatoms. The molecule has 0 saturated carbocycles. The van der Waals surface area contributed by atoms with Crippen LogP contribution in [-0.4, -0.2) is 66.4 Å². The van der Waals surface area contributed by atoms with Crippen LogP contribution in [-0.2, 0) is 6.54 Å². The highest BCUT2D eigenvalue weighted by molar-refractivity contribution is 5.50. The summed E-state index contributed by atoms with van der Waals surface area (Å²) >= 11 is 0. The second kappa shape index (κ2) is 8.52. The number of likely N-dealkylation sites (N-methyl/N-ethyl adjacent to an activating group) is 1. The number of hydrogen-bond donors (Lipinski definition) is 1. The summed E-state index contributed by atoms with van der Waals surface area (Å²) in [5.74, 6) is 0.873. The quantitative estimate of drug-likeness (QED) is 0.869. The van der Waals surface area contributed by atoms with E-state index >= 15 is 0 Å². The lowest BCUT2D eigenvalue weighted by Crippen LogP contribution is -2.44. The fourth-order valence-corrected chi connectivity index (χ4v) is 3.73. The Morgan fingerprint density at radius 3 is 2.41 bits per heavy atom. The van der Waals surface area contributed by atoms with Crippen LogP contribution in [0.3, 0.4) is 0 Å². The van der Waals surface area contributed by atoms with E-state index in [2.05, 4.69) is 60.4 Å². The first-order valence-electron chi connectivity index (χ1n) is 9.98. The number of pyridine rings is 1. The molecule has 2 aromatic rings. The smallest absolute Gasteiger partial charge is 0.126 e. The number of anilines is 3. The summed E-state index contributed by atoms with van der Waals surface area (Å²) in [6, 6.07) is 6.34. The molecule has 2 fully saturated rings. The zero-order valence-electron chi connectivity index (χ0n) is 16.1. The summed E-state index contributed by atoms with van der Waals surface area (Å²) < 4.78 is 0. The minimum Gasteiger partial charge on any atom is -0.370 e.